The molecule has 0 atom stereocenters. The fraction of sp³-hybridized carbons (Fsp3) is 0.176. The van der Waals surface area contributed by atoms with Crippen LogP contribution in [0.25, 0.3) is 10.9 Å². The van der Waals surface area contributed by atoms with E-state index in [0.29, 0.717) is 11.6 Å². The van der Waals surface area contributed by atoms with Crippen molar-refractivity contribution in [3.8, 4) is 5.88 Å². The predicted molar refractivity (Wildman–Crippen MR) is 92.9 cm³/mol. The number of rotatable bonds is 4. The minimum atomic E-state index is 0.492. The van der Waals surface area contributed by atoms with Crippen molar-refractivity contribution in [2.75, 3.05) is 13.4 Å². The topological polar surface area (TPSA) is 59.6 Å². The lowest BCUT2D eigenvalue weighted by Crippen LogP contribution is -2.05. The smallest absolute Gasteiger partial charge is 0.214 e. The predicted octanol–water partition coefficient (Wildman–Crippen LogP) is 3.53. The maximum atomic E-state index is 9.55. The number of aromatic nitrogens is 2. The van der Waals surface area contributed by atoms with Crippen LogP contribution in [-0.2, 0) is 7.05 Å². The summed E-state index contributed by atoms with van der Waals surface area (Å²) >= 11 is 1.51. The Balaban J connectivity index is 2.11. The average Bonchev–Trinajstić information content (AvgIpc) is 2.96. The van der Waals surface area contributed by atoms with Gasteiger partial charge < -0.3 is 14.5 Å². The highest BCUT2D eigenvalue weighted by molar-refractivity contribution is 7.98. The summed E-state index contributed by atoms with van der Waals surface area (Å²) < 4.78 is 7.29. The van der Waals surface area contributed by atoms with Crippen molar-refractivity contribution in [1.29, 1.82) is 0 Å². The molecule has 0 saturated carbocycles. The standard InChI is InChI=1S/C17H17N3O2S/c1-20-7-6-11-8-12(4-5-14(11)20)17(19-21)13-9-15(22-2)18-16(10-13)23-3/h4-10,21H,1-3H3. The number of hydrogen-bond acceptors (Lipinski definition) is 5. The van der Waals surface area contributed by atoms with Crippen LogP contribution in [0.1, 0.15) is 11.1 Å². The molecule has 0 bridgehead atoms. The summed E-state index contributed by atoms with van der Waals surface area (Å²) in [4.78, 5) is 4.33. The van der Waals surface area contributed by atoms with E-state index in [4.69, 9.17) is 4.74 Å². The van der Waals surface area contributed by atoms with Crippen molar-refractivity contribution >= 4 is 28.4 Å². The Labute approximate surface area is 138 Å². The number of methoxy groups -OCH3 is 1. The van der Waals surface area contributed by atoms with Crippen LogP contribution in [0.5, 0.6) is 5.88 Å². The quantitative estimate of drug-likeness (QED) is 0.345. The van der Waals surface area contributed by atoms with Crippen LogP contribution in [0.3, 0.4) is 0 Å². The van der Waals surface area contributed by atoms with E-state index < -0.39 is 0 Å². The third-order valence-electron chi connectivity index (χ3n) is 3.73. The normalized spacial score (nSPS) is 11.9. The Hall–Kier alpha value is -2.47. The summed E-state index contributed by atoms with van der Waals surface area (Å²) in [7, 11) is 3.57. The molecule has 0 aliphatic carbocycles. The highest BCUT2D eigenvalue weighted by Gasteiger charge is 2.13. The number of fused-ring (bicyclic) bond motifs is 1. The van der Waals surface area contributed by atoms with E-state index in [-0.39, 0.29) is 0 Å². The van der Waals surface area contributed by atoms with Crippen LogP contribution in [0.2, 0.25) is 0 Å². The molecule has 6 heteroatoms. The molecule has 0 spiro atoms. The zero-order chi connectivity index (χ0) is 16.4. The lowest BCUT2D eigenvalue weighted by Gasteiger charge is -2.09. The van der Waals surface area contributed by atoms with Crippen LogP contribution in [0.4, 0.5) is 0 Å². The Morgan fingerprint density at radius 2 is 2.04 bits per heavy atom. The first-order valence-corrected chi connectivity index (χ1v) is 8.26. The largest absolute Gasteiger partial charge is 0.481 e. The van der Waals surface area contributed by atoms with Gasteiger partial charge in [0.15, 0.2) is 0 Å². The summed E-state index contributed by atoms with van der Waals surface area (Å²) in [5.41, 5.74) is 3.22. The molecular weight excluding hydrogens is 310 g/mol. The highest BCUT2D eigenvalue weighted by Crippen LogP contribution is 2.24. The molecular formula is C17H17N3O2S. The number of thioether (sulfide) groups is 1. The first-order chi connectivity index (χ1) is 11.2. The van der Waals surface area contributed by atoms with Gasteiger partial charge in [0.2, 0.25) is 5.88 Å². The van der Waals surface area contributed by atoms with Gasteiger partial charge in [-0.2, -0.15) is 0 Å². The van der Waals surface area contributed by atoms with E-state index in [1.807, 2.05) is 49.8 Å². The van der Waals surface area contributed by atoms with Gasteiger partial charge in [-0.15, -0.1) is 11.8 Å². The Morgan fingerprint density at radius 3 is 2.74 bits per heavy atom. The van der Waals surface area contributed by atoms with E-state index >= 15 is 0 Å². The molecule has 3 aromatic rings. The van der Waals surface area contributed by atoms with Gasteiger partial charge in [0.05, 0.1) is 7.11 Å². The maximum absolute atomic E-state index is 9.55. The SMILES string of the molecule is COc1cc(C(=NO)c2ccc3c(ccn3C)c2)cc(SC)n1. The molecule has 0 aliphatic rings. The number of ether oxygens (including phenoxy) is 1. The van der Waals surface area contributed by atoms with Crippen molar-refractivity contribution in [3.63, 3.8) is 0 Å². The molecule has 0 radical (unpaired) electrons. The third kappa shape index (κ3) is 2.90. The average molecular weight is 327 g/mol. The number of hydrogen-bond donors (Lipinski definition) is 1. The van der Waals surface area contributed by atoms with Crippen molar-refractivity contribution in [1.82, 2.24) is 9.55 Å². The van der Waals surface area contributed by atoms with Gasteiger partial charge in [-0.05, 0) is 30.5 Å². The minimum absolute atomic E-state index is 0.492. The number of oxime groups is 1. The van der Waals surface area contributed by atoms with E-state index in [1.165, 1.54) is 11.8 Å². The van der Waals surface area contributed by atoms with E-state index in [1.54, 1.807) is 13.2 Å². The van der Waals surface area contributed by atoms with Crippen molar-refractivity contribution in [3.05, 3.63) is 53.7 Å². The first kappa shape index (κ1) is 15.4. The second-order valence-electron chi connectivity index (χ2n) is 5.09. The van der Waals surface area contributed by atoms with Gasteiger partial charge in [0, 0.05) is 41.3 Å². The molecule has 2 aromatic heterocycles. The number of benzene rings is 1. The van der Waals surface area contributed by atoms with Gasteiger partial charge in [-0.25, -0.2) is 4.98 Å². The molecule has 3 rings (SSSR count). The summed E-state index contributed by atoms with van der Waals surface area (Å²) in [6, 6.07) is 11.7. The van der Waals surface area contributed by atoms with Crippen LogP contribution >= 0.6 is 11.8 Å². The molecule has 2 heterocycles. The highest BCUT2D eigenvalue weighted by atomic mass is 32.2. The van der Waals surface area contributed by atoms with Gasteiger partial charge in [0.25, 0.3) is 0 Å². The van der Waals surface area contributed by atoms with Gasteiger partial charge in [-0.3, -0.25) is 0 Å². The van der Waals surface area contributed by atoms with E-state index in [2.05, 4.69) is 14.7 Å². The zero-order valence-corrected chi connectivity index (χ0v) is 14.0. The Morgan fingerprint density at radius 1 is 1.22 bits per heavy atom. The number of nitrogens with zero attached hydrogens (tertiary/aromatic N) is 3. The molecule has 1 N–H and O–H groups in total. The number of pyridine rings is 1. The molecule has 0 saturated heterocycles. The molecule has 0 unspecified atom stereocenters. The van der Waals surface area contributed by atoms with Gasteiger partial charge in [-0.1, -0.05) is 11.2 Å². The van der Waals surface area contributed by atoms with Crippen molar-refractivity contribution < 1.29 is 9.94 Å². The summed E-state index contributed by atoms with van der Waals surface area (Å²) in [5.74, 6) is 0.494. The lowest BCUT2D eigenvalue weighted by atomic mass is 10.0. The molecule has 5 nitrogen and oxygen atoms in total. The van der Waals surface area contributed by atoms with Gasteiger partial charge >= 0.3 is 0 Å². The van der Waals surface area contributed by atoms with Crippen LogP contribution in [0.15, 0.2) is 52.8 Å². The van der Waals surface area contributed by atoms with Crippen molar-refractivity contribution in [2.24, 2.45) is 12.2 Å². The van der Waals surface area contributed by atoms with Crippen LogP contribution in [-0.4, -0.2) is 33.8 Å². The van der Waals surface area contributed by atoms with Crippen LogP contribution < -0.4 is 4.74 Å². The summed E-state index contributed by atoms with van der Waals surface area (Å²) in [6.07, 6.45) is 3.95. The first-order valence-electron chi connectivity index (χ1n) is 7.04. The Bertz CT molecular complexity index is 864. The molecule has 1 aromatic carbocycles. The van der Waals surface area contributed by atoms with Gasteiger partial charge in [0.1, 0.15) is 10.7 Å². The van der Waals surface area contributed by atoms with E-state index in [9.17, 15) is 5.21 Å². The zero-order valence-electron chi connectivity index (χ0n) is 13.1. The molecule has 118 valence electrons. The lowest BCUT2D eigenvalue weighted by molar-refractivity contribution is 0.319. The second kappa shape index (κ2) is 6.34. The second-order valence-corrected chi connectivity index (χ2v) is 5.92. The molecule has 0 amide bonds. The molecule has 23 heavy (non-hydrogen) atoms. The number of aryl methyl sites for hydroxylation is 1. The molecule has 0 fully saturated rings. The Kier molecular flexibility index (Phi) is 4.25. The van der Waals surface area contributed by atoms with Crippen LogP contribution in [0, 0.1) is 0 Å². The minimum Gasteiger partial charge on any atom is -0.481 e. The van der Waals surface area contributed by atoms with Crippen molar-refractivity contribution in [2.45, 2.75) is 5.03 Å². The fourth-order valence-corrected chi connectivity index (χ4v) is 2.96. The monoisotopic (exact) mass is 327 g/mol. The van der Waals surface area contributed by atoms with E-state index in [0.717, 1.165) is 27.1 Å². The fourth-order valence-electron chi connectivity index (χ4n) is 2.54. The summed E-state index contributed by atoms with van der Waals surface area (Å²) in [5, 5.41) is 15.0. The maximum Gasteiger partial charge on any atom is 0.214 e. The summed E-state index contributed by atoms with van der Waals surface area (Å²) in [6.45, 7) is 0. The third-order valence-corrected chi connectivity index (χ3v) is 4.36. The molecule has 0 aliphatic heterocycles.